The molecule has 1 saturated carbocycles. The highest BCUT2D eigenvalue weighted by Gasteiger charge is 2.54. The smallest absolute Gasteiger partial charge is 0.246 e. The van der Waals surface area contributed by atoms with E-state index in [-0.39, 0.29) is 23.9 Å². The Bertz CT molecular complexity index is 402. The SMILES string of the molecule is CCC1(CC)C(=O)NC(C2CC2)C(=O)N1C(C)CCOC. The van der Waals surface area contributed by atoms with Gasteiger partial charge < -0.3 is 15.0 Å². The molecule has 2 rings (SSSR count). The number of carbonyl (C=O) groups is 2. The first-order chi connectivity index (χ1) is 10.0. The number of hydrogen-bond acceptors (Lipinski definition) is 3. The minimum Gasteiger partial charge on any atom is -0.385 e. The molecular formula is C16H28N2O3. The number of piperazine rings is 1. The Kier molecular flexibility index (Phi) is 4.91. The zero-order chi connectivity index (χ0) is 15.6. The molecule has 1 N–H and O–H groups in total. The predicted molar refractivity (Wildman–Crippen MR) is 80.8 cm³/mol. The standard InChI is InChI=1S/C16H28N2O3/c1-5-16(6-2)15(20)17-13(12-7-8-12)14(19)18(16)11(3)9-10-21-4/h11-13H,5-10H2,1-4H3,(H,17,20). The van der Waals surface area contributed by atoms with E-state index >= 15 is 0 Å². The van der Waals surface area contributed by atoms with Crippen LogP contribution in [0.15, 0.2) is 0 Å². The highest BCUT2D eigenvalue weighted by atomic mass is 16.5. The second kappa shape index (κ2) is 6.34. The first kappa shape index (κ1) is 16.3. The van der Waals surface area contributed by atoms with Crippen molar-refractivity contribution < 1.29 is 14.3 Å². The van der Waals surface area contributed by atoms with E-state index in [9.17, 15) is 9.59 Å². The average Bonchev–Trinajstić information content (AvgIpc) is 3.31. The van der Waals surface area contributed by atoms with Crippen LogP contribution in [0.5, 0.6) is 0 Å². The van der Waals surface area contributed by atoms with E-state index in [1.165, 1.54) is 0 Å². The van der Waals surface area contributed by atoms with Gasteiger partial charge in [0.15, 0.2) is 0 Å². The third kappa shape index (κ3) is 2.80. The number of nitrogens with zero attached hydrogens (tertiary/aromatic N) is 1. The van der Waals surface area contributed by atoms with Crippen LogP contribution in [-0.2, 0) is 14.3 Å². The number of rotatable bonds is 7. The Hall–Kier alpha value is -1.10. The van der Waals surface area contributed by atoms with Gasteiger partial charge in [-0.1, -0.05) is 13.8 Å². The molecule has 2 fully saturated rings. The number of nitrogens with one attached hydrogen (secondary N) is 1. The lowest BCUT2D eigenvalue weighted by molar-refractivity contribution is -0.162. The van der Waals surface area contributed by atoms with Gasteiger partial charge in [-0.3, -0.25) is 9.59 Å². The van der Waals surface area contributed by atoms with Crippen LogP contribution in [0.25, 0.3) is 0 Å². The third-order valence-corrected chi connectivity index (χ3v) is 5.12. The van der Waals surface area contributed by atoms with Crippen LogP contribution in [0.3, 0.4) is 0 Å². The topological polar surface area (TPSA) is 58.6 Å². The first-order valence-electron chi connectivity index (χ1n) is 8.14. The maximum atomic E-state index is 13.0. The molecule has 0 aromatic rings. The van der Waals surface area contributed by atoms with Gasteiger partial charge in [0.2, 0.25) is 11.8 Å². The summed E-state index contributed by atoms with van der Waals surface area (Å²) in [7, 11) is 1.66. The molecule has 120 valence electrons. The van der Waals surface area contributed by atoms with Gasteiger partial charge in [0, 0.05) is 19.8 Å². The van der Waals surface area contributed by atoms with Crippen molar-refractivity contribution in [2.45, 2.75) is 70.5 Å². The van der Waals surface area contributed by atoms with Crippen molar-refractivity contribution in [2.75, 3.05) is 13.7 Å². The molecule has 0 aromatic heterocycles. The molecular weight excluding hydrogens is 268 g/mol. The van der Waals surface area contributed by atoms with Crippen LogP contribution in [0.4, 0.5) is 0 Å². The molecule has 0 radical (unpaired) electrons. The van der Waals surface area contributed by atoms with E-state index in [0.717, 1.165) is 19.3 Å². The Morgan fingerprint density at radius 2 is 1.95 bits per heavy atom. The summed E-state index contributed by atoms with van der Waals surface area (Å²) in [6, 6.07) is -0.293. The van der Waals surface area contributed by atoms with Gasteiger partial charge in [-0.15, -0.1) is 0 Å². The Balaban J connectivity index is 2.29. The molecule has 1 saturated heterocycles. The fourth-order valence-electron chi connectivity index (χ4n) is 3.52. The van der Waals surface area contributed by atoms with Crippen molar-refractivity contribution in [3.8, 4) is 0 Å². The van der Waals surface area contributed by atoms with Crippen molar-refractivity contribution in [2.24, 2.45) is 5.92 Å². The van der Waals surface area contributed by atoms with Crippen LogP contribution in [0, 0.1) is 5.92 Å². The van der Waals surface area contributed by atoms with Crippen LogP contribution in [0.1, 0.15) is 52.9 Å². The van der Waals surface area contributed by atoms with Gasteiger partial charge in [0.05, 0.1) is 0 Å². The maximum absolute atomic E-state index is 13.0. The quantitative estimate of drug-likeness (QED) is 0.778. The fraction of sp³-hybridized carbons (Fsp3) is 0.875. The van der Waals surface area contributed by atoms with Gasteiger partial charge in [0.1, 0.15) is 11.6 Å². The van der Waals surface area contributed by atoms with Crippen molar-refractivity contribution in [1.29, 1.82) is 0 Å². The summed E-state index contributed by atoms with van der Waals surface area (Å²) in [5.41, 5.74) is -0.699. The Labute approximate surface area is 127 Å². The molecule has 1 heterocycles. The monoisotopic (exact) mass is 296 g/mol. The zero-order valence-corrected chi connectivity index (χ0v) is 13.6. The summed E-state index contributed by atoms with van der Waals surface area (Å²) in [6.07, 6.45) is 4.14. The molecule has 1 aliphatic heterocycles. The Morgan fingerprint density at radius 1 is 1.33 bits per heavy atom. The van der Waals surface area contributed by atoms with E-state index in [0.29, 0.717) is 25.4 Å². The maximum Gasteiger partial charge on any atom is 0.246 e. The molecule has 21 heavy (non-hydrogen) atoms. The molecule has 1 aliphatic carbocycles. The molecule has 2 aliphatic rings. The van der Waals surface area contributed by atoms with Gasteiger partial charge in [-0.05, 0) is 44.9 Å². The van der Waals surface area contributed by atoms with E-state index in [1.54, 1.807) is 7.11 Å². The largest absolute Gasteiger partial charge is 0.385 e. The second-order valence-corrected chi connectivity index (χ2v) is 6.37. The summed E-state index contributed by atoms with van der Waals surface area (Å²) in [6.45, 7) is 6.61. The summed E-state index contributed by atoms with van der Waals surface area (Å²) in [5.74, 6) is 0.461. The predicted octanol–water partition coefficient (Wildman–Crippen LogP) is 1.71. The molecule has 0 spiro atoms. The summed E-state index contributed by atoms with van der Waals surface area (Å²) >= 11 is 0. The van der Waals surface area contributed by atoms with E-state index in [4.69, 9.17) is 4.74 Å². The number of ether oxygens (including phenoxy) is 1. The van der Waals surface area contributed by atoms with Crippen LogP contribution < -0.4 is 5.32 Å². The molecule has 5 heteroatoms. The number of hydrogen-bond donors (Lipinski definition) is 1. The normalized spacial score (nSPS) is 26.7. The third-order valence-electron chi connectivity index (χ3n) is 5.12. The number of carbonyl (C=O) groups excluding carboxylic acids is 2. The molecule has 5 nitrogen and oxygen atoms in total. The van der Waals surface area contributed by atoms with Crippen molar-refractivity contribution in [3.63, 3.8) is 0 Å². The minimum atomic E-state index is -0.699. The first-order valence-corrected chi connectivity index (χ1v) is 8.14. The van der Waals surface area contributed by atoms with E-state index in [1.807, 2.05) is 25.7 Å². The van der Waals surface area contributed by atoms with Crippen LogP contribution >= 0.6 is 0 Å². The van der Waals surface area contributed by atoms with Crippen molar-refractivity contribution in [1.82, 2.24) is 10.2 Å². The Morgan fingerprint density at radius 3 is 2.43 bits per heavy atom. The molecule has 2 unspecified atom stereocenters. The van der Waals surface area contributed by atoms with Crippen LogP contribution in [-0.4, -0.2) is 48.1 Å². The number of amides is 2. The molecule has 0 aromatic carbocycles. The fourth-order valence-corrected chi connectivity index (χ4v) is 3.52. The summed E-state index contributed by atoms with van der Waals surface area (Å²) < 4.78 is 5.15. The van der Waals surface area contributed by atoms with Crippen molar-refractivity contribution in [3.05, 3.63) is 0 Å². The van der Waals surface area contributed by atoms with E-state index in [2.05, 4.69) is 5.32 Å². The molecule has 2 amide bonds. The zero-order valence-electron chi connectivity index (χ0n) is 13.6. The second-order valence-electron chi connectivity index (χ2n) is 6.37. The lowest BCUT2D eigenvalue weighted by Gasteiger charge is -2.50. The summed E-state index contributed by atoms with van der Waals surface area (Å²) in [5, 5.41) is 3.00. The molecule has 0 bridgehead atoms. The highest BCUT2D eigenvalue weighted by Crippen LogP contribution is 2.39. The number of methoxy groups -OCH3 is 1. The minimum absolute atomic E-state index is 0.0182. The van der Waals surface area contributed by atoms with E-state index < -0.39 is 5.54 Å². The summed E-state index contributed by atoms with van der Waals surface area (Å²) in [4.78, 5) is 27.5. The van der Waals surface area contributed by atoms with Gasteiger partial charge in [0.25, 0.3) is 0 Å². The highest BCUT2D eigenvalue weighted by molar-refractivity contribution is 6.00. The lowest BCUT2D eigenvalue weighted by atomic mass is 9.83. The molecule has 2 atom stereocenters. The van der Waals surface area contributed by atoms with Crippen molar-refractivity contribution >= 4 is 11.8 Å². The van der Waals surface area contributed by atoms with Gasteiger partial charge in [-0.25, -0.2) is 0 Å². The van der Waals surface area contributed by atoms with Gasteiger partial charge >= 0.3 is 0 Å². The van der Waals surface area contributed by atoms with Gasteiger partial charge in [-0.2, -0.15) is 0 Å². The lowest BCUT2D eigenvalue weighted by Crippen LogP contribution is -2.72. The average molecular weight is 296 g/mol. The van der Waals surface area contributed by atoms with Crippen LogP contribution in [0.2, 0.25) is 0 Å².